The van der Waals surface area contributed by atoms with E-state index < -0.39 is 0 Å². The summed E-state index contributed by atoms with van der Waals surface area (Å²) >= 11 is 0. The molecule has 15 rings (SSSR count). The van der Waals surface area contributed by atoms with Crippen molar-refractivity contribution in [3.63, 3.8) is 0 Å². The van der Waals surface area contributed by atoms with Crippen LogP contribution in [-0.4, -0.2) is 20.2 Å². The average molecular weight is 1310 g/mol. The molecular formula is C88H76CoN4O4. The van der Waals surface area contributed by atoms with Gasteiger partial charge < -0.3 is 29.7 Å². The van der Waals surface area contributed by atoms with E-state index in [1.807, 2.05) is 97.1 Å². The van der Waals surface area contributed by atoms with Gasteiger partial charge in [0.05, 0.1) is 11.4 Å². The van der Waals surface area contributed by atoms with Crippen molar-refractivity contribution in [1.82, 2.24) is 19.9 Å². The van der Waals surface area contributed by atoms with E-state index in [9.17, 15) is 10.2 Å². The number of hydrogen-bond acceptors (Lipinski definition) is 6. The summed E-state index contributed by atoms with van der Waals surface area (Å²) in [6.07, 6.45) is 8.18. The minimum Gasteiger partial charge on any atom is -0.654 e. The van der Waals surface area contributed by atoms with Crippen LogP contribution in [0.4, 0.5) is 0 Å². The van der Waals surface area contributed by atoms with Crippen LogP contribution in [0.15, 0.2) is 206 Å². The number of hydrogen-bond donors (Lipinski definition) is 2. The fourth-order valence-electron chi connectivity index (χ4n) is 13.6. The fourth-order valence-corrected chi connectivity index (χ4v) is 13.6. The van der Waals surface area contributed by atoms with Gasteiger partial charge >= 0.3 is 16.8 Å². The van der Waals surface area contributed by atoms with Crippen molar-refractivity contribution < 1.29 is 36.5 Å². The van der Waals surface area contributed by atoms with Gasteiger partial charge in [-0.2, -0.15) is 0 Å². The van der Waals surface area contributed by atoms with Gasteiger partial charge in [-0.05, 0) is 158 Å². The van der Waals surface area contributed by atoms with Crippen LogP contribution in [0.25, 0.3) is 134 Å². The van der Waals surface area contributed by atoms with E-state index >= 15 is 0 Å². The minimum absolute atomic E-state index is 0. The fraction of sp³-hybridized carbons (Fsp3) is 0.182. The second-order valence-electron chi connectivity index (χ2n) is 29.8. The van der Waals surface area contributed by atoms with Crippen LogP contribution in [0.3, 0.4) is 0 Å². The molecule has 481 valence electrons. The Morgan fingerprint density at radius 1 is 0.299 bits per heavy atom. The van der Waals surface area contributed by atoms with E-state index in [1.165, 1.54) is 22.3 Å². The Morgan fingerprint density at radius 3 is 0.918 bits per heavy atom. The topological polar surface area (TPSA) is 113 Å². The number of phenolic OH excluding ortho intramolecular Hbond substituents is 2. The smallest absolute Gasteiger partial charge is 0.654 e. The normalized spacial score (nSPS) is 12.7. The van der Waals surface area contributed by atoms with Crippen molar-refractivity contribution in [3.05, 3.63) is 251 Å². The van der Waals surface area contributed by atoms with E-state index in [4.69, 9.17) is 29.4 Å². The number of ether oxygens (including phenoxy) is 2. The van der Waals surface area contributed by atoms with Gasteiger partial charge in [0.2, 0.25) is 0 Å². The molecule has 2 aliphatic rings. The Bertz CT molecular complexity index is 5210. The zero-order valence-corrected chi connectivity index (χ0v) is 57.8. The summed E-state index contributed by atoms with van der Waals surface area (Å²) < 4.78 is 15.2. The summed E-state index contributed by atoms with van der Waals surface area (Å²) in [5.74, 6) is 2.15. The van der Waals surface area contributed by atoms with Gasteiger partial charge in [0.1, 0.15) is 45.9 Å². The Labute approximate surface area is 577 Å². The first-order valence-corrected chi connectivity index (χ1v) is 33.1. The maximum absolute atomic E-state index is 12.2. The summed E-state index contributed by atoms with van der Waals surface area (Å²) in [6.45, 7) is 27.1. The third-order valence-corrected chi connectivity index (χ3v) is 18.9. The van der Waals surface area contributed by atoms with Crippen LogP contribution in [0.5, 0.6) is 34.5 Å². The Kier molecular flexibility index (Phi) is 15.8. The van der Waals surface area contributed by atoms with E-state index in [0.717, 1.165) is 76.5 Å². The number of aromatic nitrogens is 4. The molecule has 10 aromatic carbocycles. The van der Waals surface area contributed by atoms with Gasteiger partial charge in [0, 0.05) is 22.3 Å². The first-order chi connectivity index (χ1) is 45.9. The second-order valence-corrected chi connectivity index (χ2v) is 29.8. The Balaban J connectivity index is 0.00000807. The summed E-state index contributed by atoms with van der Waals surface area (Å²) in [5, 5.41) is 31.9. The molecule has 9 heteroatoms. The standard InChI is InChI=1S/C88H76N4O4.Co/c1-85(2,3)57-45-55(46-58(49-57)86(4,5)6)77-65-33-37-69(89-65)83(95-75-43-31-53-23-15-19-27-63(53)81(75)79-61-25-17-13-21-51(61)29-41-73(79)93)71-39-35-67(91-71)78(56-47-59(87(7,8)9)50-60(48-56)88(10,11)12)68-36-40-72(92-68)84(70-38-34-66(77)90-70)96-76-44-32-54-24-16-20-28-64(54)82(76)80-62-26-18-14-22-52(62)30-42-74(80)94;/h13-50H,1-12H3,(H2-2,89,90,91,92,93,94);/q-2;+2. The number of nitrogens with zero attached hydrogens (tertiary/aromatic N) is 4. The van der Waals surface area contributed by atoms with Crippen LogP contribution in [0.2, 0.25) is 0 Å². The first kappa shape index (κ1) is 63.9. The van der Waals surface area contributed by atoms with Gasteiger partial charge in [-0.3, -0.25) is 0 Å². The molecule has 0 spiro atoms. The zero-order valence-electron chi connectivity index (χ0n) is 56.8. The second kappa shape index (κ2) is 24.0. The molecule has 2 N–H and O–H groups in total. The number of rotatable bonds is 8. The predicted octanol–water partition coefficient (Wildman–Crippen LogP) is 23.4. The molecule has 8 bridgehead atoms. The largest absolute Gasteiger partial charge is 2.00 e. The molecule has 0 atom stereocenters. The molecule has 0 saturated carbocycles. The zero-order chi connectivity index (χ0) is 66.7. The van der Waals surface area contributed by atoms with Crippen molar-refractivity contribution in [3.8, 4) is 79.0 Å². The Hall–Kier alpha value is -10.5. The quantitative estimate of drug-likeness (QED) is 0.155. The minimum atomic E-state index is -0.222. The number of fused-ring (bicyclic) bond motifs is 12. The predicted molar refractivity (Wildman–Crippen MR) is 400 cm³/mol. The summed E-state index contributed by atoms with van der Waals surface area (Å²) in [6, 6.07) is 70.3. The van der Waals surface area contributed by atoms with Crippen molar-refractivity contribution in [2.45, 2.75) is 105 Å². The molecule has 0 unspecified atom stereocenters. The molecule has 3 aromatic heterocycles. The maximum Gasteiger partial charge on any atom is 2.00 e. The first-order valence-electron chi connectivity index (χ1n) is 33.1. The van der Waals surface area contributed by atoms with Crippen LogP contribution in [0.1, 0.15) is 128 Å². The maximum atomic E-state index is 12.2. The average Bonchev–Trinajstić information content (AvgIpc) is 1.40. The van der Waals surface area contributed by atoms with E-state index in [1.54, 1.807) is 12.1 Å². The summed E-state index contributed by atoms with van der Waals surface area (Å²) in [4.78, 5) is 22.8. The van der Waals surface area contributed by atoms with Crippen LogP contribution in [0, 0.1) is 0 Å². The molecule has 0 fully saturated rings. The van der Waals surface area contributed by atoms with Crippen molar-refractivity contribution >= 4 is 89.5 Å². The van der Waals surface area contributed by atoms with Crippen molar-refractivity contribution in [2.75, 3.05) is 0 Å². The number of phenols is 2. The van der Waals surface area contributed by atoms with Crippen molar-refractivity contribution in [2.24, 2.45) is 0 Å². The van der Waals surface area contributed by atoms with Gasteiger partial charge in [0.25, 0.3) is 0 Å². The van der Waals surface area contributed by atoms with Crippen LogP contribution >= 0.6 is 0 Å². The van der Waals surface area contributed by atoms with Crippen LogP contribution in [-0.2, 0) is 38.4 Å². The van der Waals surface area contributed by atoms with Gasteiger partial charge in [-0.1, -0.05) is 276 Å². The monoisotopic (exact) mass is 1310 g/mol. The number of aromatic hydroxyl groups is 2. The third kappa shape index (κ3) is 11.7. The molecule has 2 aliphatic heterocycles. The van der Waals surface area contributed by atoms with Gasteiger partial charge in [0.15, 0.2) is 0 Å². The molecule has 8 nitrogen and oxygen atoms in total. The SMILES string of the molecule is CC(C)(C)c1cc(-c2c3nc(c(Oc4ccc5ccccc5c4-c4c(O)ccc5ccccc45)c4ccc([n-]4)c(-c4cc(C(C)(C)C)cc(C(C)(C)C)c4)c4nc(c(Oc5ccc6ccccc6c5-c5c(O)ccc6ccccc56)c5ccc2[n-]5)C=C4)C=C3)cc(C(C)(C)C)c1.[Co+2]. The van der Waals surface area contributed by atoms with Crippen LogP contribution < -0.4 is 19.4 Å². The molecule has 97 heavy (non-hydrogen) atoms. The molecular weight excluding hydrogens is 1240 g/mol. The molecule has 13 aromatic rings. The van der Waals surface area contributed by atoms with Gasteiger partial charge in [-0.15, -0.1) is 11.0 Å². The molecule has 0 saturated heterocycles. The summed E-state index contributed by atoms with van der Waals surface area (Å²) in [5.41, 5.74) is 15.0. The summed E-state index contributed by atoms with van der Waals surface area (Å²) in [7, 11) is 0. The molecule has 0 amide bonds. The van der Waals surface area contributed by atoms with E-state index in [-0.39, 0.29) is 49.9 Å². The van der Waals surface area contributed by atoms with Crippen molar-refractivity contribution in [1.29, 1.82) is 0 Å². The number of benzene rings is 10. The molecule has 1 radical (unpaired) electrons. The Morgan fingerprint density at radius 2 is 0.588 bits per heavy atom. The van der Waals surface area contributed by atoms with E-state index in [2.05, 4.69) is 204 Å². The molecule has 0 aliphatic carbocycles. The molecule has 5 heterocycles. The van der Waals surface area contributed by atoms with Gasteiger partial charge in [-0.25, -0.2) is 9.97 Å². The third-order valence-electron chi connectivity index (χ3n) is 18.9. The van der Waals surface area contributed by atoms with E-state index in [0.29, 0.717) is 79.0 Å².